The summed E-state index contributed by atoms with van der Waals surface area (Å²) >= 11 is 19.1. The Balaban J connectivity index is 1.75. The second-order valence-electron chi connectivity index (χ2n) is 8.14. The van der Waals surface area contributed by atoms with Gasteiger partial charge in [-0.2, -0.15) is 24.9 Å². The van der Waals surface area contributed by atoms with Crippen molar-refractivity contribution in [2.45, 2.75) is 23.7 Å². The Morgan fingerprint density at radius 3 is 2.24 bits per heavy atom. The molecule has 1 N–H and O–H groups in total. The highest BCUT2D eigenvalue weighted by Crippen LogP contribution is 2.38. The fourth-order valence-electron chi connectivity index (χ4n) is 3.31. The van der Waals surface area contributed by atoms with Gasteiger partial charge in [0, 0.05) is 18.1 Å². The van der Waals surface area contributed by atoms with Crippen molar-refractivity contribution in [2.75, 3.05) is 23.1 Å². The number of carbonyl (C=O) groups excluding carboxylic acids is 1. The van der Waals surface area contributed by atoms with Gasteiger partial charge in [-0.25, -0.2) is 8.42 Å². The number of nitrogens with one attached hydrogen (secondary N) is 1. The van der Waals surface area contributed by atoms with Crippen molar-refractivity contribution >= 4 is 68.2 Å². The molecule has 0 saturated carbocycles. The van der Waals surface area contributed by atoms with E-state index >= 15 is 0 Å². The van der Waals surface area contributed by atoms with Crippen LogP contribution in [0.5, 0.6) is 0 Å². The van der Waals surface area contributed by atoms with Gasteiger partial charge in [-0.1, -0.05) is 58.6 Å². The number of aryl methyl sites for hydroxylation is 1. The van der Waals surface area contributed by atoms with Crippen LogP contribution >= 0.6 is 46.6 Å². The lowest BCUT2D eigenvalue weighted by atomic mass is 10.2. The highest BCUT2D eigenvalue weighted by Gasteiger charge is 2.35. The maximum atomic E-state index is 13.5. The quantitative estimate of drug-likeness (QED) is 0.242. The van der Waals surface area contributed by atoms with Gasteiger partial charge in [-0.3, -0.25) is 9.10 Å². The smallest absolute Gasteiger partial charge is 0.354 e. The molecule has 13 heteroatoms. The summed E-state index contributed by atoms with van der Waals surface area (Å²) in [5, 5.41) is 2.91. The molecule has 204 valence electrons. The van der Waals surface area contributed by atoms with Crippen LogP contribution in [0, 0.1) is 6.92 Å². The Morgan fingerprint density at radius 1 is 0.947 bits per heavy atom. The first-order chi connectivity index (χ1) is 17.8. The van der Waals surface area contributed by atoms with Crippen molar-refractivity contribution in [3.05, 3.63) is 92.4 Å². The van der Waals surface area contributed by atoms with Crippen LogP contribution in [0.2, 0.25) is 15.1 Å². The minimum Gasteiger partial charge on any atom is -0.354 e. The van der Waals surface area contributed by atoms with Gasteiger partial charge in [0.25, 0.3) is 10.0 Å². The normalized spacial score (nSPS) is 11.9. The Bertz CT molecular complexity index is 1400. The van der Waals surface area contributed by atoms with E-state index in [0.717, 1.165) is 23.3 Å². The van der Waals surface area contributed by atoms with Gasteiger partial charge in [0.15, 0.2) is 0 Å². The van der Waals surface area contributed by atoms with E-state index in [-0.39, 0.29) is 17.1 Å². The SMILES string of the molecule is Cc1ccc(S(=O)(=O)N(CC(=O)NCCSCc2ccc(Cl)c(Cl)c2)c2ccc(Cl)c(C(F)(F)F)c2)cc1. The molecule has 0 heterocycles. The molecular weight excluding hydrogens is 604 g/mol. The van der Waals surface area contributed by atoms with Crippen LogP contribution in [0.15, 0.2) is 65.6 Å². The largest absolute Gasteiger partial charge is 0.417 e. The summed E-state index contributed by atoms with van der Waals surface area (Å²) in [6.45, 7) is 1.24. The van der Waals surface area contributed by atoms with E-state index in [4.69, 9.17) is 34.8 Å². The first kappa shape index (κ1) is 30.4. The minimum absolute atomic E-state index is 0.170. The monoisotopic (exact) mass is 624 g/mol. The summed E-state index contributed by atoms with van der Waals surface area (Å²) in [6, 6.07) is 13.7. The highest BCUT2D eigenvalue weighted by atomic mass is 35.5. The molecular formula is C25H22Cl3F3N2O3S2. The van der Waals surface area contributed by atoms with E-state index in [1.807, 2.05) is 6.07 Å². The van der Waals surface area contributed by atoms with Crippen LogP contribution in [-0.2, 0) is 26.7 Å². The average molecular weight is 626 g/mol. The van der Waals surface area contributed by atoms with E-state index in [1.165, 1.54) is 23.9 Å². The standard InChI is InChI=1S/C25H22Cl3F3N2O3S2/c1-16-2-6-19(7-3-16)38(35,36)33(18-5-9-21(26)20(13-18)25(29,30)31)14-24(34)32-10-11-37-15-17-4-8-22(27)23(28)12-17/h2-9,12-13H,10-11,14-15H2,1H3,(H,32,34). The van der Waals surface area contributed by atoms with Crippen LogP contribution in [0.1, 0.15) is 16.7 Å². The molecule has 0 saturated heterocycles. The zero-order valence-electron chi connectivity index (χ0n) is 19.9. The van der Waals surface area contributed by atoms with E-state index in [1.54, 1.807) is 31.2 Å². The molecule has 3 rings (SSSR count). The first-order valence-electron chi connectivity index (χ1n) is 11.0. The van der Waals surface area contributed by atoms with E-state index in [0.29, 0.717) is 31.9 Å². The van der Waals surface area contributed by atoms with Crippen LogP contribution in [0.3, 0.4) is 0 Å². The average Bonchev–Trinajstić information content (AvgIpc) is 2.84. The van der Waals surface area contributed by atoms with Gasteiger partial charge in [0.2, 0.25) is 5.91 Å². The van der Waals surface area contributed by atoms with Crippen molar-refractivity contribution in [3.63, 3.8) is 0 Å². The number of hydrogen-bond acceptors (Lipinski definition) is 4. The third-order valence-electron chi connectivity index (χ3n) is 5.26. The minimum atomic E-state index is -4.82. The summed E-state index contributed by atoms with van der Waals surface area (Å²) in [6.07, 6.45) is -4.82. The van der Waals surface area contributed by atoms with Gasteiger partial charge in [-0.05, 0) is 55.0 Å². The number of amides is 1. The van der Waals surface area contributed by atoms with Crippen LogP contribution in [0.25, 0.3) is 0 Å². The number of carbonyl (C=O) groups is 1. The summed E-state index contributed by atoms with van der Waals surface area (Å²) < 4.78 is 67.9. The lowest BCUT2D eigenvalue weighted by Gasteiger charge is -2.25. The van der Waals surface area contributed by atoms with E-state index < -0.39 is 39.2 Å². The Morgan fingerprint density at radius 2 is 1.61 bits per heavy atom. The molecule has 0 radical (unpaired) electrons. The molecule has 0 spiro atoms. The fraction of sp³-hybridized carbons (Fsp3) is 0.240. The van der Waals surface area contributed by atoms with Gasteiger partial charge in [-0.15, -0.1) is 0 Å². The van der Waals surface area contributed by atoms with Gasteiger partial charge in [0.05, 0.1) is 31.2 Å². The summed E-state index contributed by atoms with van der Waals surface area (Å²) in [5.74, 6) is 0.418. The third kappa shape index (κ3) is 7.95. The second-order valence-corrected chi connectivity index (χ2v) is 12.3. The second kappa shape index (κ2) is 12.8. The topological polar surface area (TPSA) is 66.5 Å². The van der Waals surface area contributed by atoms with Crippen LogP contribution < -0.4 is 9.62 Å². The Hall–Kier alpha value is -2.11. The number of anilines is 1. The number of rotatable bonds is 10. The fourth-order valence-corrected chi connectivity index (χ4v) is 6.07. The molecule has 5 nitrogen and oxygen atoms in total. The molecule has 38 heavy (non-hydrogen) atoms. The summed E-state index contributed by atoms with van der Waals surface area (Å²) in [5.41, 5.74) is 0.179. The zero-order valence-corrected chi connectivity index (χ0v) is 23.8. The molecule has 3 aromatic carbocycles. The lowest BCUT2D eigenvalue weighted by Crippen LogP contribution is -2.41. The van der Waals surface area contributed by atoms with Crippen LogP contribution in [-0.4, -0.2) is 33.2 Å². The molecule has 0 aliphatic heterocycles. The molecule has 0 aliphatic carbocycles. The van der Waals surface area contributed by atoms with E-state index in [9.17, 15) is 26.4 Å². The predicted molar refractivity (Wildman–Crippen MR) is 148 cm³/mol. The number of alkyl halides is 3. The Kier molecular flexibility index (Phi) is 10.3. The van der Waals surface area contributed by atoms with Crippen molar-refractivity contribution in [3.8, 4) is 0 Å². The number of thioether (sulfide) groups is 1. The number of hydrogen-bond donors (Lipinski definition) is 1. The lowest BCUT2D eigenvalue weighted by molar-refractivity contribution is -0.137. The molecule has 0 fully saturated rings. The molecule has 1 amide bonds. The van der Waals surface area contributed by atoms with Crippen molar-refractivity contribution < 1.29 is 26.4 Å². The maximum Gasteiger partial charge on any atom is 0.417 e. The summed E-state index contributed by atoms with van der Waals surface area (Å²) in [4.78, 5) is 12.5. The van der Waals surface area contributed by atoms with Gasteiger partial charge >= 0.3 is 6.18 Å². The Labute approximate surface area is 238 Å². The number of benzene rings is 3. The third-order valence-corrected chi connectivity index (χ3v) is 9.15. The van der Waals surface area contributed by atoms with Gasteiger partial charge in [0.1, 0.15) is 6.54 Å². The van der Waals surface area contributed by atoms with Crippen LogP contribution in [0.4, 0.5) is 18.9 Å². The number of halogens is 6. The molecule has 0 bridgehead atoms. The predicted octanol–water partition coefficient (Wildman–Crippen LogP) is 7.22. The van der Waals surface area contributed by atoms with Crippen molar-refractivity contribution in [1.29, 1.82) is 0 Å². The molecule has 0 aromatic heterocycles. The number of nitrogens with zero attached hydrogens (tertiary/aromatic N) is 1. The molecule has 0 unspecified atom stereocenters. The van der Waals surface area contributed by atoms with E-state index in [2.05, 4.69) is 5.32 Å². The molecule has 0 atom stereocenters. The number of sulfonamides is 1. The highest BCUT2D eigenvalue weighted by molar-refractivity contribution is 7.98. The first-order valence-corrected chi connectivity index (χ1v) is 14.8. The maximum absolute atomic E-state index is 13.5. The summed E-state index contributed by atoms with van der Waals surface area (Å²) in [7, 11) is -4.39. The zero-order chi connectivity index (χ0) is 28.1. The van der Waals surface area contributed by atoms with Crippen molar-refractivity contribution in [2.24, 2.45) is 0 Å². The van der Waals surface area contributed by atoms with Crippen molar-refractivity contribution in [1.82, 2.24) is 5.32 Å². The molecule has 3 aromatic rings. The molecule has 0 aliphatic rings. The van der Waals surface area contributed by atoms with Gasteiger partial charge < -0.3 is 5.32 Å².